The van der Waals surface area contributed by atoms with E-state index in [2.05, 4.69) is 15.6 Å². The Morgan fingerprint density at radius 2 is 1.91 bits per heavy atom. The Morgan fingerprint density at radius 3 is 2.65 bits per heavy atom. The third-order valence-electron chi connectivity index (χ3n) is 2.91. The van der Waals surface area contributed by atoms with Crippen LogP contribution in [0.3, 0.4) is 0 Å². The average Bonchev–Trinajstić information content (AvgIpc) is 2.98. The minimum absolute atomic E-state index is 0.281. The summed E-state index contributed by atoms with van der Waals surface area (Å²) in [4.78, 5) is 16.3. The summed E-state index contributed by atoms with van der Waals surface area (Å²) in [5.74, 6) is -0.711. The molecule has 1 aromatic heterocycles. The summed E-state index contributed by atoms with van der Waals surface area (Å²) in [6.07, 6.45) is 0. The van der Waals surface area contributed by atoms with Gasteiger partial charge in [0.15, 0.2) is 5.13 Å². The number of benzene rings is 2. The highest BCUT2D eigenvalue weighted by Crippen LogP contribution is 2.23. The van der Waals surface area contributed by atoms with Gasteiger partial charge in [-0.05, 0) is 42.5 Å². The molecule has 0 saturated heterocycles. The van der Waals surface area contributed by atoms with Crippen LogP contribution < -0.4 is 10.6 Å². The Morgan fingerprint density at radius 1 is 1.13 bits per heavy atom. The Kier molecular flexibility index (Phi) is 4.55. The molecule has 1 amide bonds. The molecule has 2 N–H and O–H groups in total. The third-order valence-corrected chi connectivity index (χ3v) is 3.91. The van der Waals surface area contributed by atoms with Gasteiger partial charge < -0.3 is 10.6 Å². The molecule has 116 valence electrons. The number of amides is 1. The molecule has 2 aromatic carbocycles. The first-order valence-electron chi connectivity index (χ1n) is 6.65. The lowest BCUT2D eigenvalue weighted by molar-refractivity contribution is 0.102. The van der Waals surface area contributed by atoms with Crippen molar-refractivity contribution in [1.29, 1.82) is 0 Å². The van der Waals surface area contributed by atoms with Crippen molar-refractivity contribution in [3.63, 3.8) is 0 Å². The molecule has 0 aliphatic carbocycles. The summed E-state index contributed by atoms with van der Waals surface area (Å²) in [6.45, 7) is 0. The number of carbonyl (C=O) groups is 1. The van der Waals surface area contributed by atoms with Crippen LogP contribution in [-0.2, 0) is 0 Å². The number of rotatable bonds is 4. The number of aromatic nitrogens is 1. The number of hydrogen-bond donors (Lipinski definition) is 2. The molecule has 4 nitrogen and oxygen atoms in total. The van der Waals surface area contributed by atoms with Crippen LogP contribution in [0.2, 0.25) is 5.02 Å². The van der Waals surface area contributed by atoms with Crippen molar-refractivity contribution < 1.29 is 9.18 Å². The number of halogens is 2. The van der Waals surface area contributed by atoms with E-state index >= 15 is 0 Å². The molecule has 0 aliphatic rings. The summed E-state index contributed by atoms with van der Waals surface area (Å²) >= 11 is 7.23. The van der Waals surface area contributed by atoms with Crippen LogP contribution in [0.1, 0.15) is 10.5 Å². The zero-order chi connectivity index (χ0) is 16.2. The van der Waals surface area contributed by atoms with Crippen LogP contribution in [0.5, 0.6) is 0 Å². The van der Waals surface area contributed by atoms with E-state index in [1.807, 2.05) is 12.1 Å². The molecular weight excluding hydrogens is 337 g/mol. The van der Waals surface area contributed by atoms with Gasteiger partial charge in [-0.25, -0.2) is 9.37 Å². The van der Waals surface area contributed by atoms with E-state index in [0.717, 1.165) is 5.69 Å². The Hall–Kier alpha value is -2.44. The van der Waals surface area contributed by atoms with E-state index in [-0.39, 0.29) is 17.4 Å². The minimum atomic E-state index is -0.357. The lowest BCUT2D eigenvalue weighted by Gasteiger charge is -2.03. The SMILES string of the molecule is O=C(Nc1ccc(F)cc1)c1csc(Nc2cccc(Cl)c2)n1. The maximum Gasteiger partial charge on any atom is 0.275 e. The van der Waals surface area contributed by atoms with Crippen molar-refractivity contribution in [1.82, 2.24) is 4.98 Å². The van der Waals surface area contributed by atoms with E-state index in [9.17, 15) is 9.18 Å². The summed E-state index contributed by atoms with van der Waals surface area (Å²) in [7, 11) is 0. The number of anilines is 3. The fourth-order valence-electron chi connectivity index (χ4n) is 1.85. The Labute approximate surface area is 141 Å². The van der Waals surface area contributed by atoms with Crippen LogP contribution in [0, 0.1) is 5.82 Å². The molecule has 0 fully saturated rings. The average molecular weight is 348 g/mol. The summed E-state index contributed by atoms with van der Waals surface area (Å²) < 4.78 is 12.8. The lowest BCUT2D eigenvalue weighted by Crippen LogP contribution is -2.12. The molecular formula is C16H11ClFN3OS. The van der Waals surface area contributed by atoms with Crippen LogP contribution in [0.25, 0.3) is 0 Å². The molecule has 7 heteroatoms. The van der Waals surface area contributed by atoms with Gasteiger partial charge in [0.05, 0.1) is 0 Å². The molecule has 0 atom stereocenters. The molecule has 0 unspecified atom stereocenters. The molecule has 0 radical (unpaired) electrons. The maximum absolute atomic E-state index is 12.8. The number of nitrogens with one attached hydrogen (secondary N) is 2. The zero-order valence-electron chi connectivity index (χ0n) is 11.7. The van der Waals surface area contributed by atoms with E-state index in [4.69, 9.17) is 11.6 Å². The molecule has 3 rings (SSSR count). The molecule has 3 aromatic rings. The number of carbonyl (C=O) groups excluding carboxylic acids is 1. The number of hydrogen-bond acceptors (Lipinski definition) is 4. The van der Waals surface area contributed by atoms with Crippen molar-refractivity contribution >= 4 is 45.4 Å². The van der Waals surface area contributed by atoms with Gasteiger partial charge in [0.2, 0.25) is 0 Å². The maximum atomic E-state index is 12.8. The smallest absolute Gasteiger partial charge is 0.275 e. The van der Waals surface area contributed by atoms with Gasteiger partial charge in [-0.2, -0.15) is 0 Å². The third kappa shape index (κ3) is 4.06. The second-order valence-corrected chi connectivity index (χ2v) is 5.93. The minimum Gasteiger partial charge on any atom is -0.331 e. The molecule has 0 spiro atoms. The van der Waals surface area contributed by atoms with E-state index in [0.29, 0.717) is 15.8 Å². The van der Waals surface area contributed by atoms with Gasteiger partial charge in [0, 0.05) is 21.8 Å². The summed E-state index contributed by atoms with van der Waals surface area (Å²) in [6, 6.07) is 12.8. The predicted molar refractivity (Wildman–Crippen MR) is 91.2 cm³/mol. The normalized spacial score (nSPS) is 10.3. The number of thiazole rings is 1. The fourth-order valence-corrected chi connectivity index (χ4v) is 2.75. The van der Waals surface area contributed by atoms with Crippen molar-refractivity contribution in [3.05, 3.63) is 70.4 Å². The molecule has 23 heavy (non-hydrogen) atoms. The van der Waals surface area contributed by atoms with Crippen molar-refractivity contribution in [2.24, 2.45) is 0 Å². The monoisotopic (exact) mass is 347 g/mol. The van der Waals surface area contributed by atoms with Crippen LogP contribution >= 0.6 is 22.9 Å². The van der Waals surface area contributed by atoms with Crippen LogP contribution in [0.4, 0.5) is 20.9 Å². The van der Waals surface area contributed by atoms with Crippen molar-refractivity contribution in [2.45, 2.75) is 0 Å². The quantitative estimate of drug-likeness (QED) is 0.703. The standard InChI is InChI=1S/C16H11ClFN3OS/c17-10-2-1-3-13(8-10)20-16-21-14(9-23-16)15(22)19-12-6-4-11(18)5-7-12/h1-9H,(H,19,22)(H,20,21). The first kappa shape index (κ1) is 15.5. The summed E-state index contributed by atoms with van der Waals surface area (Å²) in [5.41, 5.74) is 1.58. The van der Waals surface area contributed by atoms with Crippen molar-refractivity contribution in [3.8, 4) is 0 Å². The first-order valence-corrected chi connectivity index (χ1v) is 7.91. The van der Waals surface area contributed by atoms with E-state index in [1.165, 1.54) is 35.6 Å². The Balaban J connectivity index is 1.68. The molecule has 0 saturated carbocycles. The van der Waals surface area contributed by atoms with Crippen LogP contribution in [-0.4, -0.2) is 10.9 Å². The van der Waals surface area contributed by atoms with Gasteiger partial charge >= 0.3 is 0 Å². The van der Waals surface area contributed by atoms with Gasteiger partial charge in [-0.1, -0.05) is 17.7 Å². The van der Waals surface area contributed by atoms with Crippen molar-refractivity contribution in [2.75, 3.05) is 10.6 Å². The summed E-state index contributed by atoms with van der Waals surface area (Å²) in [5, 5.41) is 8.58. The highest BCUT2D eigenvalue weighted by molar-refractivity contribution is 7.14. The Bertz CT molecular complexity index is 835. The predicted octanol–water partition coefficient (Wildman–Crippen LogP) is 4.93. The highest BCUT2D eigenvalue weighted by atomic mass is 35.5. The van der Waals surface area contributed by atoms with Gasteiger partial charge in [-0.3, -0.25) is 4.79 Å². The lowest BCUT2D eigenvalue weighted by atomic mass is 10.3. The zero-order valence-corrected chi connectivity index (χ0v) is 13.3. The first-order chi connectivity index (χ1) is 11.1. The number of nitrogens with zero attached hydrogens (tertiary/aromatic N) is 1. The molecule has 0 bridgehead atoms. The second kappa shape index (κ2) is 6.76. The van der Waals surface area contributed by atoms with Gasteiger partial charge in [0.1, 0.15) is 11.5 Å². The van der Waals surface area contributed by atoms with Crippen LogP contribution in [0.15, 0.2) is 53.9 Å². The van der Waals surface area contributed by atoms with E-state index in [1.54, 1.807) is 17.5 Å². The van der Waals surface area contributed by atoms with Gasteiger partial charge in [-0.15, -0.1) is 11.3 Å². The fraction of sp³-hybridized carbons (Fsp3) is 0. The molecule has 1 heterocycles. The highest BCUT2D eigenvalue weighted by Gasteiger charge is 2.11. The second-order valence-electron chi connectivity index (χ2n) is 4.63. The topological polar surface area (TPSA) is 54.0 Å². The van der Waals surface area contributed by atoms with E-state index < -0.39 is 0 Å². The largest absolute Gasteiger partial charge is 0.331 e. The molecule has 0 aliphatic heterocycles. The van der Waals surface area contributed by atoms with Gasteiger partial charge in [0.25, 0.3) is 5.91 Å².